The third kappa shape index (κ3) is 2.63. The van der Waals surface area contributed by atoms with Gasteiger partial charge in [-0.2, -0.15) is 0 Å². The SMILES string of the molecule is C#CCC(O)(CC#C)C(C)O. The Morgan fingerprint density at radius 2 is 1.73 bits per heavy atom. The Kier molecular flexibility index (Phi) is 3.68. The van der Waals surface area contributed by atoms with Crippen LogP contribution in [0.3, 0.4) is 0 Å². The van der Waals surface area contributed by atoms with Gasteiger partial charge in [-0.25, -0.2) is 0 Å². The highest BCUT2D eigenvalue weighted by atomic mass is 16.3. The maximum atomic E-state index is 9.55. The van der Waals surface area contributed by atoms with Gasteiger partial charge in [0.15, 0.2) is 0 Å². The lowest BCUT2D eigenvalue weighted by atomic mass is 9.91. The van der Waals surface area contributed by atoms with E-state index in [4.69, 9.17) is 18.0 Å². The van der Waals surface area contributed by atoms with Gasteiger partial charge in [0.05, 0.1) is 6.10 Å². The first-order valence-corrected chi connectivity index (χ1v) is 3.34. The fourth-order valence-corrected chi connectivity index (χ4v) is 0.711. The zero-order valence-corrected chi connectivity index (χ0v) is 6.54. The summed E-state index contributed by atoms with van der Waals surface area (Å²) in [6.07, 6.45) is 9.25. The van der Waals surface area contributed by atoms with Crippen LogP contribution in [0.2, 0.25) is 0 Å². The van der Waals surface area contributed by atoms with Gasteiger partial charge in [-0.15, -0.1) is 24.7 Å². The second-order valence-electron chi connectivity index (χ2n) is 2.54. The number of hydrogen-bond donors (Lipinski definition) is 2. The second-order valence-corrected chi connectivity index (χ2v) is 2.54. The van der Waals surface area contributed by atoms with Crippen molar-refractivity contribution in [3.63, 3.8) is 0 Å². The van der Waals surface area contributed by atoms with Gasteiger partial charge in [-0.05, 0) is 6.92 Å². The van der Waals surface area contributed by atoms with Crippen LogP contribution >= 0.6 is 0 Å². The van der Waals surface area contributed by atoms with Crippen LogP contribution in [0.1, 0.15) is 19.8 Å². The van der Waals surface area contributed by atoms with Gasteiger partial charge in [-0.3, -0.25) is 0 Å². The van der Waals surface area contributed by atoms with Crippen molar-refractivity contribution in [3.8, 4) is 24.7 Å². The third-order valence-corrected chi connectivity index (χ3v) is 1.59. The van der Waals surface area contributed by atoms with Crippen LogP contribution < -0.4 is 0 Å². The van der Waals surface area contributed by atoms with E-state index in [0.29, 0.717) is 0 Å². The van der Waals surface area contributed by atoms with E-state index in [2.05, 4.69) is 11.8 Å². The molecular weight excluding hydrogens is 140 g/mol. The predicted octanol–water partition coefficient (Wildman–Crippen LogP) is 0.145. The van der Waals surface area contributed by atoms with Crippen LogP contribution in [0.4, 0.5) is 0 Å². The van der Waals surface area contributed by atoms with E-state index in [1.54, 1.807) is 0 Å². The zero-order valence-electron chi connectivity index (χ0n) is 6.54. The quantitative estimate of drug-likeness (QED) is 0.565. The molecule has 0 amide bonds. The van der Waals surface area contributed by atoms with Crippen molar-refractivity contribution in [3.05, 3.63) is 0 Å². The van der Waals surface area contributed by atoms with Crippen molar-refractivity contribution >= 4 is 0 Å². The van der Waals surface area contributed by atoms with Crippen LogP contribution in [0, 0.1) is 24.7 Å². The summed E-state index contributed by atoms with van der Waals surface area (Å²) >= 11 is 0. The van der Waals surface area contributed by atoms with E-state index in [1.165, 1.54) is 6.92 Å². The van der Waals surface area contributed by atoms with Crippen molar-refractivity contribution in [1.82, 2.24) is 0 Å². The molecule has 0 aliphatic carbocycles. The number of aliphatic hydroxyl groups is 2. The Balaban J connectivity index is 4.30. The van der Waals surface area contributed by atoms with Crippen LogP contribution in [0.5, 0.6) is 0 Å². The third-order valence-electron chi connectivity index (χ3n) is 1.59. The van der Waals surface area contributed by atoms with Crippen molar-refractivity contribution < 1.29 is 10.2 Å². The minimum atomic E-state index is -1.32. The van der Waals surface area contributed by atoms with Crippen LogP contribution in [0.25, 0.3) is 0 Å². The minimum Gasteiger partial charge on any atom is -0.390 e. The van der Waals surface area contributed by atoms with Crippen molar-refractivity contribution in [1.29, 1.82) is 0 Å². The van der Waals surface area contributed by atoms with Gasteiger partial charge < -0.3 is 10.2 Å². The molecular formula is C9H12O2. The lowest BCUT2D eigenvalue weighted by Gasteiger charge is -2.26. The molecule has 0 bridgehead atoms. The number of rotatable bonds is 3. The molecule has 0 spiro atoms. The zero-order chi connectivity index (χ0) is 8.91. The lowest BCUT2D eigenvalue weighted by molar-refractivity contribution is -0.0582. The summed E-state index contributed by atoms with van der Waals surface area (Å²) in [4.78, 5) is 0. The summed E-state index contributed by atoms with van der Waals surface area (Å²) < 4.78 is 0. The van der Waals surface area contributed by atoms with Crippen LogP contribution in [0.15, 0.2) is 0 Å². The maximum absolute atomic E-state index is 9.55. The molecule has 0 radical (unpaired) electrons. The molecule has 2 heteroatoms. The summed E-state index contributed by atoms with van der Waals surface area (Å²) in [6.45, 7) is 1.47. The number of terminal acetylenes is 2. The first kappa shape index (κ1) is 10.0. The highest BCUT2D eigenvalue weighted by Crippen LogP contribution is 2.18. The van der Waals surface area contributed by atoms with E-state index in [-0.39, 0.29) is 12.8 Å². The smallest absolute Gasteiger partial charge is 0.112 e. The summed E-state index contributed by atoms with van der Waals surface area (Å²) in [5.41, 5.74) is -1.32. The van der Waals surface area contributed by atoms with Crippen molar-refractivity contribution in [2.75, 3.05) is 0 Å². The monoisotopic (exact) mass is 152 g/mol. The Hall–Kier alpha value is -0.960. The Morgan fingerprint density at radius 1 is 1.36 bits per heavy atom. The Morgan fingerprint density at radius 3 is 1.91 bits per heavy atom. The molecule has 0 heterocycles. The molecule has 0 aliphatic heterocycles. The number of aliphatic hydroxyl groups excluding tert-OH is 1. The van der Waals surface area contributed by atoms with Gasteiger partial charge in [0, 0.05) is 12.8 Å². The fraction of sp³-hybridized carbons (Fsp3) is 0.556. The molecule has 11 heavy (non-hydrogen) atoms. The molecule has 0 saturated carbocycles. The van der Waals surface area contributed by atoms with E-state index in [9.17, 15) is 5.11 Å². The minimum absolute atomic E-state index is 0.0782. The van der Waals surface area contributed by atoms with E-state index in [0.717, 1.165) is 0 Å². The van der Waals surface area contributed by atoms with Gasteiger partial charge in [-0.1, -0.05) is 0 Å². The second kappa shape index (κ2) is 4.03. The molecule has 0 aromatic heterocycles. The van der Waals surface area contributed by atoms with E-state index in [1.807, 2.05) is 0 Å². The van der Waals surface area contributed by atoms with E-state index < -0.39 is 11.7 Å². The fourth-order valence-electron chi connectivity index (χ4n) is 0.711. The largest absolute Gasteiger partial charge is 0.390 e. The predicted molar refractivity (Wildman–Crippen MR) is 43.5 cm³/mol. The molecule has 0 fully saturated rings. The normalized spacial score (nSPS) is 13.2. The number of hydrogen-bond acceptors (Lipinski definition) is 2. The highest BCUT2D eigenvalue weighted by Gasteiger charge is 2.30. The maximum Gasteiger partial charge on any atom is 0.112 e. The van der Waals surface area contributed by atoms with Gasteiger partial charge in [0.2, 0.25) is 0 Å². The summed E-state index contributed by atoms with van der Waals surface area (Å²) in [7, 11) is 0. The van der Waals surface area contributed by atoms with Crippen molar-refractivity contribution in [2.45, 2.75) is 31.5 Å². The van der Waals surface area contributed by atoms with Crippen molar-refractivity contribution in [2.24, 2.45) is 0 Å². The molecule has 60 valence electrons. The van der Waals surface area contributed by atoms with Gasteiger partial charge in [0.1, 0.15) is 5.60 Å². The average molecular weight is 152 g/mol. The summed E-state index contributed by atoms with van der Waals surface area (Å²) in [5, 5.41) is 18.6. The molecule has 2 N–H and O–H groups in total. The molecule has 1 atom stereocenters. The molecule has 0 rings (SSSR count). The van der Waals surface area contributed by atoms with Crippen LogP contribution in [-0.4, -0.2) is 21.9 Å². The molecule has 0 saturated heterocycles. The first-order chi connectivity index (χ1) is 5.06. The topological polar surface area (TPSA) is 40.5 Å². The molecule has 0 aromatic carbocycles. The summed E-state index contributed by atoms with van der Waals surface area (Å²) in [5.74, 6) is 4.54. The Labute approximate surface area is 67.2 Å². The molecule has 0 aliphatic rings. The average Bonchev–Trinajstić information content (AvgIpc) is 1.88. The first-order valence-electron chi connectivity index (χ1n) is 3.34. The standard InChI is InChI=1S/C9H12O2/c1-4-6-9(11,7-5-2)8(3)10/h1-2,8,10-11H,6-7H2,3H3. The van der Waals surface area contributed by atoms with Gasteiger partial charge >= 0.3 is 0 Å². The lowest BCUT2D eigenvalue weighted by Crippen LogP contribution is -2.39. The molecule has 2 nitrogen and oxygen atoms in total. The molecule has 1 unspecified atom stereocenters. The highest BCUT2D eigenvalue weighted by molar-refractivity contribution is 5.04. The summed E-state index contributed by atoms with van der Waals surface area (Å²) in [6, 6.07) is 0. The molecule has 0 aromatic rings. The Bertz CT molecular complexity index is 177. The van der Waals surface area contributed by atoms with Gasteiger partial charge in [0.25, 0.3) is 0 Å². The van der Waals surface area contributed by atoms with E-state index >= 15 is 0 Å². The van der Waals surface area contributed by atoms with Crippen LogP contribution in [-0.2, 0) is 0 Å².